The third-order valence-corrected chi connectivity index (χ3v) is 7.19. The minimum Gasteiger partial charge on any atom is -0.488 e. The molecule has 1 unspecified atom stereocenters. The maximum atomic E-state index is 12.9. The van der Waals surface area contributed by atoms with Crippen LogP contribution in [0, 0.1) is 5.92 Å². The number of amides is 2. The van der Waals surface area contributed by atoms with Gasteiger partial charge in [-0.25, -0.2) is 5.43 Å². The van der Waals surface area contributed by atoms with Crippen molar-refractivity contribution in [2.75, 3.05) is 0 Å². The number of benzene rings is 3. The summed E-state index contributed by atoms with van der Waals surface area (Å²) in [6.07, 6.45) is 1.84. The molecule has 0 saturated carbocycles. The molecule has 0 spiro atoms. The number of hydrogen-bond donors (Lipinski definition) is 2. The molecule has 0 fully saturated rings. The molecule has 190 valence electrons. The predicted octanol–water partition coefficient (Wildman–Crippen LogP) is 6.08. The molecule has 0 bridgehead atoms. The summed E-state index contributed by atoms with van der Waals surface area (Å²) in [5.41, 5.74) is 4.40. The first-order valence-electron chi connectivity index (χ1n) is 11.9. The summed E-state index contributed by atoms with van der Waals surface area (Å²) >= 11 is 4.96. The first-order chi connectivity index (χ1) is 17.9. The summed E-state index contributed by atoms with van der Waals surface area (Å²) in [5.74, 6) is -0.0181. The van der Waals surface area contributed by atoms with Crippen LogP contribution in [-0.4, -0.2) is 24.1 Å². The molecule has 0 aliphatic carbocycles. The average molecular weight is 579 g/mol. The van der Waals surface area contributed by atoms with E-state index < -0.39 is 6.04 Å². The first kappa shape index (κ1) is 26.6. The average Bonchev–Trinajstić information content (AvgIpc) is 3.40. The number of hydrogen-bond acceptors (Lipinski definition) is 5. The van der Waals surface area contributed by atoms with Gasteiger partial charge in [-0.05, 0) is 51.9 Å². The van der Waals surface area contributed by atoms with E-state index in [1.807, 2.05) is 92.0 Å². The fraction of sp³-hybridized carbons (Fsp3) is 0.207. The van der Waals surface area contributed by atoms with Gasteiger partial charge in [0.25, 0.3) is 5.91 Å². The summed E-state index contributed by atoms with van der Waals surface area (Å²) < 4.78 is 7.15. The number of hydrazone groups is 1. The summed E-state index contributed by atoms with van der Waals surface area (Å²) in [7, 11) is 0. The number of carbonyl (C=O) groups is 2. The van der Waals surface area contributed by atoms with Crippen LogP contribution >= 0.6 is 27.3 Å². The van der Waals surface area contributed by atoms with Crippen LogP contribution in [0.15, 0.2) is 87.8 Å². The topological polar surface area (TPSA) is 79.8 Å². The third-order valence-electron chi connectivity index (χ3n) is 5.79. The fourth-order valence-corrected chi connectivity index (χ4v) is 4.80. The van der Waals surface area contributed by atoms with Crippen LogP contribution in [0.5, 0.6) is 5.75 Å². The molecule has 6 nitrogen and oxygen atoms in total. The van der Waals surface area contributed by atoms with E-state index in [-0.39, 0.29) is 24.2 Å². The van der Waals surface area contributed by atoms with Crippen LogP contribution in [0.25, 0.3) is 10.8 Å². The lowest BCUT2D eigenvalue weighted by Gasteiger charge is -2.20. The molecular formula is C29H28BrN3O3S. The quantitative estimate of drug-likeness (QED) is 0.177. The Kier molecular flexibility index (Phi) is 9.09. The lowest BCUT2D eigenvalue weighted by Crippen LogP contribution is -2.49. The second kappa shape index (κ2) is 12.7. The second-order valence-electron chi connectivity index (χ2n) is 8.89. The van der Waals surface area contributed by atoms with Gasteiger partial charge in [0.05, 0.1) is 12.6 Å². The first-order valence-corrected chi connectivity index (χ1v) is 13.6. The van der Waals surface area contributed by atoms with E-state index in [9.17, 15) is 9.59 Å². The van der Waals surface area contributed by atoms with Gasteiger partial charge in [0.15, 0.2) is 0 Å². The van der Waals surface area contributed by atoms with Crippen molar-refractivity contribution in [1.82, 2.24) is 10.7 Å². The number of nitrogens with zero attached hydrogens (tertiary/aromatic N) is 1. The maximum Gasteiger partial charge on any atom is 0.262 e. The number of fused-ring (bicyclic) bond motifs is 1. The molecule has 37 heavy (non-hydrogen) atoms. The van der Waals surface area contributed by atoms with E-state index in [1.54, 1.807) is 6.21 Å². The summed E-state index contributed by atoms with van der Waals surface area (Å²) in [6, 6.07) is 22.9. The lowest BCUT2D eigenvalue weighted by molar-refractivity contribution is -0.129. The van der Waals surface area contributed by atoms with E-state index in [0.29, 0.717) is 12.4 Å². The molecule has 4 rings (SSSR count). The Balaban J connectivity index is 1.48. The van der Waals surface area contributed by atoms with Gasteiger partial charge in [0.2, 0.25) is 5.91 Å². The zero-order chi connectivity index (χ0) is 26.2. The molecular weight excluding hydrogens is 550 g/mol. The monoisotopic (exact) mass is 577 g/mol. The SMILES string of the molecule is CC(C)C(NC(=O)Cc1cccs1)C(=O)N/N=C/c1c(OCc2ccc(Br)cc2)ccc2ccccc12. The number of ether oxygens (including phenoxy) is 1. The van der Waals surface area contributed by atoms with Gasteiger partial charge in [0.1, 0.15) is 18.4 Å². The van der Waals surface area contributed by atoms with Crippen LogP contribution in [0.4, 0.5) is 0 Å². The van der Waals surface area contributed by atoms with Crippen molar-refractivity contribution in [3.63, 3.8) is 0 Å². The zero-order valence-corrected chi connectivity index (χ0v) is 23.0. The Morgan fingerprint density at radius 1 is 1.03 bits per heavy atom. The van der Waals surface area contributed by atoms with Crippen LogP contribution < -0.4 is 15.5 Å². The largest absolute Gasteiger partial charge is 0.488 e. The van der Waals surface area contributed by atoms with E-state index in [1.165, 1.54) is 11.3 Å². The molecule has 1 aromatic heterocycles. The molecule has 0 aliphatic rings. The Labute approximate surface area is 228 Å². The van der Waals surface area contributed by atoms with Crippen molar-refractivity contribution in [2.45, 2.75) is 32.9 Å². The van der Waals surface area contributed by atoms with E-state index in [4.69, 9.17) is 4.74 Å². The number of nitrogens with one attached hydrogen (secondary N) is 2. The summed E-state index contributed by atoms with van der Waals surface area (Å²) in [5, 5.41) is 11.0. The Morgan fingerprint density at radius 2 is 1.81 bits per heavy atom. The Bertz CT molecular complexity index is 1390. The molecule has 0 aliphatic heterocycles. The molecule has 1 atom stereocenters. The summed E-state index contributed by atoms with van der Waals surface area (Å²) in [4.78, 5) is 26.4. The standard InChI is InChI=1S/C29H28BrN3O3S/c1-19(2)28(32-27(34)16-23-7-5-15-37-23)29(35)33-31-17-25-24-8-4-3-6-21(24)11-14-26(25)36-18-20-9-12-22(30)13-10-20/h3-15,17,19,28H,16,18H2,1-2H3,(H,32,34)(H,33,35)/b31-17+. The van der Waals surface area contributed by atoms with Gasteiger partial charge in [-0.15, -0.1) is 11.3 Å². The molecule has 8 heteroatoms. The van der Waals surface area contributed by atoms with Crippen molar-refractivity contribution in [1.29, 1.82) is 0 Å². The molecule has 0 radical (unpaired) electrons. The number of rotatable bonds is 10. The highest BCUT2D eigenvalue weighted by atomic mass is 79.9. The highest BCUT2D eigenvalue weighted by Crippen LogP contribution is 2.27. The zero-order valence-electron chi connectivity index (χ0n) is 20.6. The number of thiophene rings is 1. The van der Waals surface area contributed by atoms with Gasteiger partial charge >= 0.3 is 0 Å². The smallest absolute Gasteiger partial charge is 0.262 e. The van der Waals surface area contributed by atoms with Crippen LogP contribution in [0.2, 0.25) is 0 Å². The second-order valence-corrected chi connectivity index (χ2v) is 10.8. The van der Waals surface area contributed by atoms with Gasteiger partial charge in [-0.1, -0.05) is 78.3 Å². The Morgan fingerprint density at radius 3 is 2.54 bits per heavy atom. The van der Waals surface area contributed by atoms with E-state index in [0.717, 1.165) is 31.2 Å². The number of carbonyl (C=O) groups excluding carboxylic acids is 2. The van der Waals surface area contributed by atoms with Crippen LogP contribution in [0.1, 0.15) is 29.9 Å². The summed E-state index contributed by atoms with van der Waals surface area (Å²) in [6.45, 7) is 4.17. The molecule has 0 saturated heterocycles. The minimum absolute atomic E-state index is 0.107. The molecule has 2 amide bonds. The predicted molar refractivity (Wildman–Crippen MR) is 153 cm³/mol. The molecule has 2 N–H and O–H groups in total. The Hall–Kier alpha value is -3.49. The van der Waals surface area contributed by atoms with Crippen LogP contribution in [0.3, 0.4) is 0 Å². The van der Waals surface area contributed by atoms with Gasteiger partial charge < -0.3 is 10.1 Å². The van der Waals surface area contributed by atoms with Gasteiger partial charge in [-0.2, -0.15) is 5.10 Å². The molecule has 1 heterocycles. The lowest BCUT2D eigenvalue weighted by atomic mass is 10.0. The van der Waals surface area contributed by atoms with Gasteiger partial charge in [-0.3, -0.25) is 9.59 Å². The van der Waals surface area contributed by atoms with Crippen LogP contribution in [-0.2, 0) is 22.6 Å². The van der Waals surface area contributed by atoms with E-state index in [2.05, 4.69) is 31.8 Å². The van der Waals surface area contributed by atoms with Crippen molar-refractivity contribution in [3.8, 4) is 5.75 Å². The van der Waals surface area contributed by atoms with Gasteiger partial charge in [0, 0.05) is 14.9 Å². The molecule has 4 aromatic rings. The van der Waals surface area contributed by atoms with E-state index >= 15 is 0 Å². The molecule has 3 aromatic carbocycles. The van der Waals surface area contributed by atoms with Crippen molar-refractivity contribution in [3.05, 3.63) is 98.7 Å². The number of halogens is 1. The third kappa shape index (κ3) is 7.27. The van der Waals surface area contributed by atoms with Crippen molar-refractivity contribution >= 4 is 56.1 Å². The highest BCUT2D eigenvalue weighted by molar-refractivity contribution is 9.10. The maximum absolute atomic E-state index is 12.9. The fourth-order valence-electron chi connectivity index (χ4n) is 3.84. The highest BCUT2D eigenvalue weighted by Gasteiger charge is 2.24. The van der Waals surface area contributed by atoms with Crippen molar-refractivity contribution < 1.29 is 14.3 Å². The minimum atomic E-state index is -0.703. The van der Waals surface area contributed by atoms with Crippen molar-refractivity contribution in [2.24, 2.45) is 11.0 Å². The normalized spacial score (nSPS) is 12.1.